The van der Waals surface area contributed by atoms with Gasteiger partial charge < -0.3 is 14.4 Å². The molecule has 6 heteroatoms. The van der Waals surface area contributed by atoms with E-state index < -0.39 is 5.60 Å². The summed E-state index contributed by atoms with van der Waals surface area (Å²) in [6.45, 7) is 7.08. The molecule has 128 valence electrons. The van der Waals surface area contributed by atoms with Gasteiger partial charge in [-0.15, -0.1) is 0 Å². The van der Waals surface area contributed by atoms with Gasteiger partial charge in [0.25, 0.3) is 0 Å². The monoisotopic (exact) mass is 348 g/mol. The van der Waals surface area contributed by atoms with Crippen LogP contribution in [0.1, 0.15) is 39.2 Å². The van der Waals surface area contributed by atoms with Crippen molar-refractivity contribution in [3.8, 4) is 11.8 Å². The van der Waals surface area contributed by atoms with Crippen molar-refractivity contribution in [2.24, 2.45) is 5.41 Å². The molecule has 1 aliphatic carbocycles. The molecule has 1 aliphatic heterocycles. The number of carbonyl (C=O) groups excluding carboxylic acids is 1. The lowest BCUT2D eigenvalue weighted by Crippen LogP contribution is -2.66. The first-order valence-electron chi connectivity index (χ1n) is 8.04. The highest BCUT2D eigenvalue weighted by atomic mass is 35.5. The summed E-state index contributed by atoms with van der Waals surface area (Å²) in [5, 5.41) is 9.29. The average molecular weight is 349 g/mol. The first-order chi connectivity index (χ1) is 11.2. The van der Waals surface area contributed by atoms with Gasteiger partial charge in [-0.3, -0.25) is 0 Å². The Morgan fingerprint density at radius 2 is 2.04 bits per heavy atom. The molecule has 1 saturated carbocycles. The van der Waals surface area contributed by atoms with E-state index in [-0.39, 0.29) is 17.6 Å². The lowest BCUT2D eigenvalue weighted by molar-refractivity contribution is -0.116. The van der Waals surface area contributed by atoms with Gasteiger partial charge in [-0.05, 0) is 45.7 Å². The normalized spacial score (nSPS) is 19.2. The number of hydrogen-bond donors (Lipinski definition) is 0. The number of nitriles is 1. The Balaban J connectivity index is 1.47. The van der Waals surface area contributed by atoms with Crippen molar-refractivity contribution in [1.82, 2.24) is 4.90 Å². The van der Waals surface area contributed by atoms with Crippen LogP contribution < -0.4 is 4.74 Å². The number of nitrogens with zero attached hydrogens (tertiary/aromatic N) is 2. The van der Waals surface area contributed by atoms with Crippen molar-refractivity contribution < 1.29 is 14.3 Å². The van der Waals surface area contributed by atoms with Crippen LogP contribution in [-0.2, 0) is 4.74 Å². The summed E-state index contributed by atoms with van der Waals surface area (Å²) in [7, 11) is 0. The maximum atomic E-state index is 12.0. The Kier molecular flexibility index (Phi) is 4.13. The third-order valence-electron chi connectivity index (χ3n) is 4.39. The molecule has 2 fully saturated rings. The fourth-order valence-electron chi connectivity index (χ4n) is 3.32. The lowest BCUT2D eigenvalue weighted by atomic mass is 9.62. The Bertz CT molecular complexity index is 691. The van der Waals surface area contributed by atoms with Gasteiger partial charge in [-0.1, -0.05) is 11.6 Å². The minimum Gasteiger partial charge on any atom is -0.490 e. The van der Waals surface area contributed by atoms with Crippen LogP contribution >= 0.6 is 11.6 Å². The predicted molar refractivity (Wildman–Crippen MR) is 90.1 cm³/mol. The molecule has 1 aromatic rings. The number of benzene rings is 1. The summed E-state index contributed by atoms with van der Waals surface area (Å²) in [6.07, 6.45) is 1.74. The van der Waals surface area contributed by atoms with Crippen LogP contribution in [0.4, 0.5) is 4.79 Å². The largest absolute Gasteiger partial charge is 0.490 e. The maximum absolute atomic E-state index is 12.0. The van der Waals surface area contributed by atoms with Gasteiger partial charge in [0.05, 0.1) is 10.6 Å². The van der Waals surface area contributed by atoms with E-state index in [4.69, 9.17) is 26.3 Å². The van der Waals surface area contributed by atoms with Crippen molar-refractivity contribution in [3.63, 3.8) is 0 Å². The zero-order chi connectivity index (χ0) is 17.5. The smallest absolute Gasteiger partial charge is 0.410 e. The molecular formula is C18H21ClN2O3. The highest BCUT2D eigenvalue weighted by molar-refractivity contribution is 6.31. The van der Waals surface area contributed by atoms with Crippen LogP contribution in [0.2, 0.25) is 5.02 Å². The average Bonchev–Trinajstić information content (AvgIpc) is 2.37. The first kappa shape index (κ1) is 16.9. The van der Waals surface area contributed by atoms with Crippen molar-refractivity contribution in [2.75, 3.05) is 13.1 Å². The second-order valence-electron chi connectivity index (χ2n) is 7.74. The minimum absolute atomic E-state index is 0.134. The summed E-state index contributed by atoms with van der Waals surface area (Å²) >= 11 is 6.01. The van der Waals surface area contributed by atoms with E-state index >= 15 is 0 Å². The molecule has 24 heavy (non-hydrogen) atoms. The molecule has 5 nitrogen and oxygen atoms in total. The van der Waals surface area contributed by atoms with Gasteiger partial charge in [0, 0.05) is 24.6 Å². The molecule has 0 unspecified atom stereocenters. The molecule has 1 amide bonds. The SMILES string of the molecule is CC(C)(C)OC(=O)N1CC2(CC(Oc3ccc(C#N)c(Cl)c3)C2)C1. The molecule has 1 saturated heterocycles. The van der Waals surface area contributed by atoms with Crippen LogP contribution in [0.3, 0.4) is 0 Å². The second-order valence-corrected chi connectivity index (χ2v) is 8.15. The molecule has 0 radical (unpaired) electrons. The molecule has 0 N–H and O–H groups in total. The van der Waals surface area contributed by atoms with Crippen LogP contribution in [-0.4, -0.2) is 35.8 Å². The second kappa shape index (κ2) is 5.86. The summed E-state index contributed by atoms with van der Waals surface area (Å²) < 4.78 is 11.3. The van der Waals surface area contributed by atoms with Crippen LogP contribution in [0.15, 0.2) is 18.2 Å². The van der Waals surface area contributed by atoms with E-state index in [1.54, 1.807) is 23.1 Å². The van der Waals surface area contributed by atoms with Gasteiger partial charge in [-0.25, -0.2) is 4.79 Å². The lowest BCUT2D eigenvalue weighted by Gasteiger charge is -2.58. The summed E-state index contributed by atoms with van der Waals surface area (Å²) in [5.74, 6) is 0.683. The van der Waals surface area contributed by atoms with Gasteiger partial charge in [0.2, 0.25) is 0 Å². The quantitative estimate of drug-likeness (QED) is 0.810. The van der Waals surface area contributed by atoms with Crippen molar-refractivity contribution in [2.45, 2.75) is 45.3 Å². The zero-order valence-electron chi connectivity index (χ0n) is 14.1. The highest BCUT2D eigenvalue weighted by Crippen LogP contribution is 2.50. The van der Waals surface area contributed by atoms with Gasteiger partial charge in [0.15, 0.2) is 0 Å². The van der Waals surface area contributed by atoms with E-state index in [1.165, 1.54) is 0 Å². The third-order valence-corrected chi connectivity index (χ3v) is 4.70. The molecule has 1 spiro atoms. The van der Waals surface area contributed by atoms with E-state index in [2.05, 4.69) is 0 Å². The van der Waals surface area contributed by atoms with E-state index in [9.17, 15) is 4.79 Å². The predicted octanol–water partition coefficient (Wildman–Crippen LogP) is 3.99. The number of hydrogen-bond acceptors (Lipinski definition) is 4. The number of likely N-dealkylation sites (tertiary alicyclic amines) is 1. The fourth-order valence-corrected chi connectivity index (χ4v) is 3.53. The number of halogens is 1. The number of carbonyl (C=O) groups is 1. The minimum atomic E-state index is -0.458. The van der Waals surface area contributed by atoms with Gasteiger partial charge in [0.1, 0.15) is 23.5 Å². The maximum Gasteiger partial charge on any atom is 0.410 e. The Hall–Kier alpha value is -1.93. The van der Waals surface area contributed by atoms with Crippen LogP contribution in [0.5, 0.6) is 5.75 Å². The van der Waals surface area contributed by atoms with Crippen molar-refractivity contribution in [1.29, 1.82) is 5.26 Å². The number of amides is 1. The molecule has 2 aliphatic rings. The van der Waals surface area contributed by atoms with E-state index in [0.29, 0.717) is 16.3 Å². The Labute approximate surface area is 147 Å². The van der Waals surface area contributed by atoms with E-state index in [1.807, 2.05) is 26.8 Å². The van der Waals surface area contributed by atoms with Crippen molar-refractivity contribution in [3.05, 3.63) is 28.8 Å². The standard InChI is InChI=1S/C18H21ClN2O3/c1-17(2,3)24-16(22)21-10-18(11-21)7-14(8-18)23-13-5-4-12(9-20)15(19)6-13/h4-6,14H,7-8,10-11H2,1-3H3. The Morgan fingerprint density at radius 3 is 2.58 bits per heavy atom. The molecule has 3 rings (SSSR count). The first-order valence-corrected chi connectivity index (χ1v) is 8.42. The molecule has 1 heterocycles. The topological polar surface area (TPSA) is 62.6 Å². The fraction of sp³-hybridized carbons (Fsp3) is 0.556. The highest BCUT2D eigenvalue weighted by Gasteiger charge is 2.55. The van der Waals surface area contributed by atoms with Gasteiger partial charge >= 0.3 is 6.09 Å². The van der Waals surface area contributed by atoms with Crippen molar-refractivity contribution >= 4 is 17.7 Å². The number of rotatable bonds is 2. The van der Waals surface area contributed by atoms with E-state index in [0.717, 1.165) is 25.9 Å². The summed E-state index contributed by atoms with van der Waals surface area (Å²) in [6, 6.07) is 7.14. The molecule has 0 aromatic heterocycles. The molecular weight excluding hydrogens is 328 g/mol. The molecule has 0 bridgehead atoms. The third kappa shape index (κ3) is 3.44. The Morgan fingerprint density at radius 1 is 1.38 bits per heavy atom. The zero-order valence-corrected chi connectivity index (χ0v) is 14.9. The summed E-state index contributed by atoms with van der Waals surface area (Å²) in [5.41, 5.74) is 0.166. The van der Waals surface area contributed by atoms with Gasteiger partial charge in [-0.2, -0.15) is 5.26 Å². The molecule has 0 atom stereocenters. The number of ether oxygens (including phenoxy) is 2. The van der Waals surface area contributed by atoms with Crippen LogP contribution in [0.25, 0.3) is 0 Å². The van der Waals surface area contributed by atoms with Crippen LogP contribution in [0, 0.1) is 16.7 Å². The summed E-state index contributed by atoms with van der Waals surface area (Å²) in [4.78, 5) is 13.7. The molecule has 1 aromatic carbocycles.